The molecule has 2 rings (SSSR count). The average Bonchev–Trinajstić information content (AvgIpc) is 2.49. The molecule has 110 valence electrons. The Balaban J connectivity index is 1.74. The van der Waals surface area contributed by atoms with Crippen LogP contribution < -0.4 is 20.1 Å². The Labute approximate surface area is 118 Å². The molecular formula is C14H20N2O4. The number of methoxy groups -OCH3 is 1. The van der Waals surface area contributed by atoms with Crippen molar-refractivity contribution in [2.45, 2.75) is 13.0 Å². The number of ether oxygens (including phenoxy) is 3. The molecule has 0 unspecified atom stereocenters. The molecule has 0 radical (unpaired) electrons. The lowest BCUT2D eigenvalue weighted by atomic mass is 10.2. The predicted molar refractivity (Wildman–Crippen MR) is 74.2 cm³/mol. The number of benzene rings is 1. The topological polar surface area (TPSA) is 68.8 Å². The van der Waals surface area contributed by atoms with Crippen LogP contribution in [-0.4, -0.2) is 39.5 Å². The van der Waals surface area contributed by atoms with Crippen molar-refractivity contribution in [3.8, 4) is 11.5 Å². The summed E-state index contributed by atoms with van der Waals surface area (Å²) in [6.07, 6.45) is 0.800. The molecule has 0 fully saturated rings. The summed E-state index contributed by atoms with van der Waals surface area (Å²) in [6, 6.07) is 5.48. The van der Waals surface area contributed by atoms with Crippen molar-refractivity contribution in [2.75, 3.05) is 33.5 Å². The largest absolute Gasteiger partial charge is 0.486 e. The number of urea groups is 1. The van der Waals surface area contributed by atoms with E-state index in [0.717, 1.165) is 23.5 Å². The maximum absolute atomic E-state index is 11.5. The molecule has 2 N–H and O–H groups in total. The van der Waals surface area contributed by atoms with Crippen LogP contribution in [0, 0.1) is 0 Å². The summed E-state index contributed by atoms with van der Waals surface area (Å²) >= 11 is 0. The van der Waals surface area contributed by atoms with E-state index in [-0.39, 0.29) is 6.03 Å². The van der Waals surface area contributed by atoms with E-state index in [0.29, 0.717) is 32.9 Å². The van der Waals surface area contributed by atoms with Crippen LogP contribution in [0.4, 0.5) is 4.79 Å². The molecule has 1 aliphatic heterocycles. The summed E-state index contributed by atoms with van der Waals surface area (Å²) in [5.74, 6) is 1.49. The van der Waals surface area contributed by atoms with Crippen molar-refractivity contribution in [3.05, 3.63) is 23.8 Å². The number of hydrogen-bond acceptors (Lipinski definition) is 4. The quantitative estimate of drug-likeness (QED) is 0.771. The van der Waals surface area contributed by atoms with Gasteiger partial charge in [-0.1, -0.05) is 6.07 Å². The number of hydrogen-bond donors (Lipinski definition) is 2. The number of nitrogens with one attached hydrogen (secondary N) is 2. The van der Waals surface area contributed by atoms with Gasteiger partial charge in [-0.3, -0.25) is 0 Å². The zero-order chi connectivity index (χ0) is 14.2. The van der Waals surface area contributed by atoms with E-state index >= 15 is 0 Å². The fraction of sp³-hybridized carbons (Fsp3) is 0.500. The molecule has 2 amide bonds. The van der Waals surface area contributed by atoms with Crippen LogP contribution in [0.5, 0.6) is 11.5 Å². The molecule has 1 aliphatic rings. The lowest BCUT2D eigenvalue weighted by Crippen LogP contribution is -2.35. The number of rotatable bonds is 6. The molecule has 1 aromatic rings. The summed E-state index contributed by atoms with van der Waals surface area (Å²) in [5.41, 5.74) is 0.973. The zero-order valence-corrected chi connectivity index (χ0v) is 11.6. The lowest BCUT2D eigenvalue weighted by Gasteiger charge is -2.19. The van der Waals surface area contributed by atoms with Gasteiger partial charge in [-0.05, 0) is 24.1 Å². The summed E-state index contributed by atoms with van der Waals surface area (Å²) < 4.78 is 15.8. The zero-order valence-electron chi connectivity index (χ0n) is 11.6. The van der Waals surface area contributed by atoms with Crippen LogP contribution >= 0.6 is 0 Å². The van der Waals surface area contributed by atoms with Crippen LogP contribution in [0.25, 0.3) is 0 Å². The van der Waals surface area contributed by atoms with E-state index in [2.05, 4.69) is 10.6 Å². The van der Waals surface area contributed by atoms with Crippen molar-refractivity contribution in [1.82, 2.24) is 10.6 Å². The van der Waals surface area contributed by atoms with Gasteiger partial charge in [0.2, 0.25) is 0 Å². The Morgan fingerprint density at radius 3 is 2.85 bits per heavy atom. The molecule has 0 bridgehead atoms. The van der Waals surface area contributed by atoms with Gasteiger partial charge in [0.15, 0.2) is 11.5 Å². The van der Waals surface area contributed by atoms with Gasteiger partial charge in [0.25, 0.3) is 0 Å². The summed E-state index contributed by atoms with van der Waals surface area (Å²) in [7, 11) is 1.64. The maximum Gasteiger partial charge on any atom is 0.315 e. The summed E-state index contributed by atoms with van der Waals surface area (Å²) in [4.78, 5) is 11.5. The van der Waals surface area contributed by atoms with Gasteiger partial charge >= 0.3 is 6.03 Å². The van der Waals surface area contributed by atoms with Crippen LogP contribution in [0.1, 0.15) is 12.0 Å². The lowest BCUT2D eigenvalue weighted by molar-refractivity contribution is 0.171. The van der Waals surface area contributed by atoms with E-state index in [1.54, 1.807) is 7.11 Å². The number of carbonyl (C=O) groups excluding carboxylic acids is 1. The average molecular weight is 280 g/mol. The van der Waals surface area contributed by atoms with Crippen molar-refractivity contribution >= 4 is 6.03 Å². The predicted octanol–water partition coefficient (Wildman–Crippen LogP) is 1.29. The number of fused-ring (bicyclic) bond motifs is 1. The highest BCUT2D eigenvalue weighted by Gasteiger charge is 2.11. The van der Waals surface area contributed by atoms with Gasteiger partial charge in [-0.15, -0.1) is 0 Å². The van der Waals surface area contributed by atoms with Crippen molar-refractivity contribution in [2.24, 2.45) is 0 Å². The first kappa shape index (κ1) is 14.5. The van der Waals surface area contributed by atoms with Gasteiger partial charge in [-0.2, -0.15) is 0 Å². The molecule has 6 heteroatoms. The molecule has 0 aromatic heterocycles. The highest BCUT2D eigenvalue weighted by Crippen LogP contribution is 2.30. The fourth-order valence-electron chi connectivity index (χ4n) is 1.86. The minimum Gasteiger partial charge on any atom is -0.486 e. The third-order valence-corrected chi connectivity index (χ3v) is 2.87. The monoisotopic (exact) mass is 280 g/mol. The smallest absolute Gasteiger partial charge is 0.315 e. The van der Waals surface area contributed by atoms with Crippen LogP contribution in [-0.2, 0) is 11.3 Å². The Hall–Kier alpha value is -1.95. The Morgan fingerprint density at radius 1 is 1.25 bits per heavy atom. The fourth-order valence-corrected chi connectivity index (χ4v) is 1.86. The molecule has 1 heterocycles. The van der Waals surface area contributed by atoms with Gasteiger partial charge in [0, 0.05) is 26.8 Å². The second-order valence-electron chi connectivity index (χ2n) is 4.43. The molecule has 0 atom stereocenters. The van der Waals surface area contributed by atoms with E-state index in [1.165, 1.54) is 0 Å². The van der Waals surface area contributed by atoms with Gasteiger partial charge in [0.05, 0.1) is 0 Å². The third kappa shape index (κ3) is 4.31. The highest BCUT2D eigenvalue weighted by molar-refractivity contribution is 5.73. The van der Waals surface area contributed by atoms with Gasteiger partial charge < -0.3 is 24.8 Å². The molecular weight excluding hydrogens is 260 g/mol. The second kappa shape index (κ2) is 7.59. The third-order valence-electron chi connectivity index (χ3n) is 2.87. The summed E-state index contributed by atoms with van der Waals surface area (Å²) in [5, 5.41) is 5.56. The van der Waals surface area contributed by atoms with Crippen LogP contribution in [0.3, 0.4) is 0 Å². The molecule has 0 spiro atoms. The van der Waals surface area contributed by atoms with Crippen molar-refractivity contribution in [1.29, 1.82) is 0 Å². The SMILES string of the molecule is COCCCNC(=O)NCc1ccc2c(c1)OCCO2. The van der Waals surface area contributed by atoms with Crippen LogP contribution in [0.15, 0.2) is 18.2 Å². The van der Waals surface area contributed by atoms with E-state index in [9.17, 15) is 4.79 Å². The van der Waals surface area contributed by atoms with Gasteiger partial charge in [0.1, 0.15) is 13.2 Å². The number of amides is 2. The first-order valence-electron chi connectivity index (χ1n) is 6.69. The maximum atomic E-state index is 11.5. The Kier molecular flexibility index (Phi) is 5.49. The molecule has 1 aromatic carbocycles. The minimum absolute atomic E-state index is 0.184. The van der Waals surface area contributed by atoms with Crippen LogP contribution in [0.2, 0.25) is 0 Å². The van der Waals surface area contributed by atoms with Crippen molar-refractivity contribution in [3.63, 3.8) is 0 Å². The minimum atomic E-state index is -0.184. The molecule has 6 nitrogen and oxygen atoms in total. The molecule has 20 heavy (non-hydrogen) atoms. The highest BCUT2D eigenvalue weighted by atomic mass is 16.6. The normalized spacial score (nSPS) is 12.8. The molecule has 0 aliphatic carbocycles. The van der Waals surface area contributed by atoms with E-state index in [1.807, 2.05) is 18.2 Å². The first-order valence-corrected chi connectivity index (χ1v) is 6.69. The summed E-state index contributed by atoms with van der Waals surface area (Å²) in [6.45, 7) is 2.83. The van der Waals surface area contributed by atoms with E-state index in [4.69, 9.17) is 14.2 Å². The van der Waals surface area contributed by atoms with Gasteiger partial charge in [-0.25, -0.2) is 4.79 Å². The standard InChI is InChI=1S/C14H20N2O4/c1-18-6-2-5-15-14(17)16-10-11-3-4-12-13(9-11)20-8-7-19-12/h3-4,9H,2,5-8,10H2,1H3,(H2,15,16,17). The van der Waals surface area contributed by atoms with E-state index < -0.39 is 0 Å². The second-order valence-corrected chi connectivity index (χ2v) is 4.43. The Morgan fingerprint density at radius 2 is 2.05 bits per heavy atom. The molecule has 0 saturated carbocycles. The first-order chi connectivity index (χ1) is 9.79. The van der Waals surface area contributed by atoms with Crippen molar-refractivity contribution < 1.29 is 19.0 Å². The Bertz CT molecular complexity index is 451. The molecule has 0 saturated heterocycles. The number of carbonyl (C=O) groups is 1.